The molecule has 5 unspecified atom stereocenters. The van der Waals surface area contributed by atoms with Gasteiger partial charge in [0.25, 0.3) is 0 Å². The molecule has 0 saturated carbocycles. The summed E-state index contributed by atoms with van der Waals surface area (Å²) in [5.74, 6) is -5.05. The summed E-state index contributed by atoms with van der Waals surface area (Å²) in [6, 6.07) is -5.50. The van der Waals surface area contributed by atoms with Crippen molar-refractivity contribution < 1.29 is 39.3 Å². The van der Waals surface area contributed by atoms with Gasteiger partial charge in [-0.15, -0.1) is 0 Å². The molecule has 35 heavy (non-hydrogen) atoms. The van der Waals surface area contributed by atoms with Crippen molar-refractivity contribution in [1.82, 2.24) is 16.0 Å². The Balaban J connectivity index is 5.54. The number of amides is 3. The number of carboxylic acid groups (broad SMARTS) is 2. The molecule has 0 aromatic carbocycles. The second kappa shape index (κ2) is 16.5. The molecule has 3 amide bonds. The van der Waals surface area contributed by atoms with E-state index < -0.39 is 66.4 Å². The quantitative estimate of drug-likeness (QED) is 0.0512. The molecule has 0 saturated heterocycles. The highest BCUT2D eigenvalue weighted by molar-refractivity contribution is 7.98. The van der Waals surface area contributed by atoms with E-state index in [-0.39, 0.29) is 31.8 Å². The lowest BCUT2D eigenvalue weighted by Crippen LogP contribution is -2.59. The molecular formula is C19H35N7O8S. The molecule has 0 spiro atoms. The Hall–Kier alpha value is -3.11. The standard InChI is InChI=1S/C19H35N7O8S/c1-9(27)14(26-15(30)10(20)8-13(28)29)17(32)24-11(4-3-6-23-19(21)22)16(31)25-12(18(33)34)5-7-35-2/h9-12,14,27H,3-8,20H2,1-2H3,(H,24,32)(H,25,31)(H,26,30)(H,28,29)(H,33,34)(H4,21,22,23). The van der Waals surface area contributed by atoms with Crippen molar-refractivity contribution in [2.75, 3.05) is 18.6 Å². The number of carbonyl (C=O) groups is 5. The topological polar surface area (TPSA) is 273 Å². The van der Waals surface area contributed by atoms with Crippen LogP contribution in [0.3, 0.4) is 0 Å². The van der Waals surface area contributed by atoms with E-state index in [9.17, 15) is 34.2 Å². The largest absolute Gasteiger partial charge is 0.481 e. The Bertz CT molecular complexity index is 776. The zero-order valence-corrected chi connectivity index (χ0v) is 20.4. The number of aliphatic hydroxyl groups is 1. The molecule has 0 radical (unpaired) electrons. The monoisotopic (exact) mass is 521 g/mol. The van der Waals surface area contributed by atoms with E-state index in [1.54, 1.807) is 6.26 Å². The van der Waals surface area contributed by atoms with E-state index >= 15 is 0 Å². The number of aliphatic hydroxyl groups excluding tert-OH is 1. The van der Waals surface area contributed by atoms with Gasteiger partial charge in [-0.25, -0.2) is 4.79 Å². The summed E-state index contributed by atoms with van der Waals surface area (Å²) in [5, 5.41) is 35.0. The SMILES string of the molecule is CSCCC(NC(=O)C(CCCN=C(N)N)NC(=O)C(NC(=O)C(N)CC(=O)O)C(C)O)C(=O)O. The molecule has 0 fully saturated rings. The van der Waals surface area contributed by atoms with Gasteiger partial charge in [-0.05, 0) is 38.2 Å². The van der Waals surface area contributed by atoms with E-state index in [4.69, 9.17) is 22.3 Å². The van der Waals surface area contributed by atoms with Crippen molar-refractivity contribution >= 4 is 47.4 Å². The summed E-state index contributed by atoms with van der Waals surface area (Å²) in [6.45, 7) is 1.32. The van der Waals surface area contributed by atoms with Crippen molar-refractivity contribution in [2.45, 2.75) is 62.9 Å². The minimum atomic E-state index is -1.57. The first-order valence-electron chi connectivity index (χ1n) is 10.6. The lowest BCUT2D eigenvalue weighted by atomic mass is 10.1. The number of hydrogen-bond acceptors (Lipinski definition) is 9. The van der Waals surface area contributed by atoms with E-state index in [0.717, 1.165) is 0 Å². The van der Waals surface area contributed by atoms with Crippen LogP contribution in [0.25, 0.3) is 0 Å². The van der Waals surface area contributed by atoms with Gasteiger partial charge in [0, 0.05) is 6.54 Å². The average molecular weight is 522 g/mol. The van der Waals surface area contributed by atoms with Gasteiger partial charge >= 0.3 is 11.9 Å². The molecule has 0 aromatic heterocycles. The fourth-order valence-corrected chi connectivity index (χ4v) is 3.22. The third-order valence-electron chi connectivity index (χ3n) is 4.60. The van der Waals surface area contributed by atoms with Crippen molar-refractivity contribution in [2.24, 2.45) is 22.2 Å². The second-order valence-corrected chi connectivity index (χ2v) is 8.61. The minimum absolute atomic E-state index is 0.00221. The number of aliphatic imine (C=N–C) groups is 1. The van der Waals surface area contributed by atoms with Crippen molar-refractivity contribution in [3.8, 4) is 0 Å². The zero-order valence-electron chi connectivity index (χ0n) is 19.6. The van der Waals surface area contributed by atoms with Crippen LogP contribution in [0.2, 0.25) is 0 Å². The van der Waals surface area contributed by atoms with Gasteiger partial charge in [-0.2, -0.15) is 11.8 Å². The maximum absolute atomic E-state index is 12.8. The molecule has 16 heteroatoms. The first-order chi connectivity index (χ1) is 16.3. The van der Waals surface area contributed by atoms with Gasteiger partial charge in [0.05, 0.1) is 18.6 Å². The molecule has 15 nitrogen and oxygen atoms in total. The molecule has 0 heterocycles. The third kappa shape index (κ3) is 13.4. The van der Waals surface area contributed by atoms with Crippen LogP contribution in [-0.2, 0) is 24.0 Å². The molecule has 200 valence electrons. The predicted octanol–water partition coefficient (Wildman–Crippen LogP) is -3.49. The van der Waals surface area contributed by atoms with Gasteiger partial charge in [0.1, 0.15) is 18.1 Å². The Morgan fingerprint density at radius 1 is 0.943 bits per heavy atom. The molecule has 0 bridgehead atoms. The van der Waals surface area contributed by atoms with Gasteiger partial charge < -0.3 is 48.5 Å². The number of nitrogens with two attached hydrogens (primary N) is 3. The lowest BCUT2D eigenvalue weighted by Gasteiger charge is -2.26. The number of carboxylic acids is 2. The molecule has 5 atom stereocenters. The summed E-state index contributed by atoms with van der Waals surface area (Å²) in [5.41, 5.74) is 16.0. The zero-order chi connectivity index (χ0) is 27.1. The Morgan fingerprint density at radius 3 is 2.03 bits per heavy atom. The number of nitrogens with one attached hydrogen (secondary N) is 3. The van der Waals surface area contributed by atoms with E-state index in [1.807, 2.05) is 0 Å². The highest BCUT2D eigenvalue weighted by atomic mass is 32.2. The van der Waals surface area contributed by atoms with Gasteiger partial charge in [0.15, 0.2) is 5.96 Å². The summed E-state index contributed by atoms with van der Waals surface area (Å²) >= 11 is 1.39. The number of guanidine groups is 1. The first kappa shape index (κ1) is 31.9. The summed E-state index contributed by atoms with van der Waals surface area (Å²) in [4.78, 5) is 63.8. The van der Waals surface area contributed by atoms with E-state index in [0.29, 0.717) is 5.75 Å². The Morgan fingerprint density at radius 2 is 1.54 bits per heavy atom. The number of hydrogen-bond donors (Lipinski definition) is 9. The van der Waals surface area contributed by atoms with Crippen molar-refractivity contribution in [1.29, 1.82) is 0 Å². The highest BCUT2D eigenvalue weighted by Gasteiger charge is 2.32. The number of rotatable bonds is 17. The molecule has 0 rings (SSSR count). The van der Waals surface area contributed by atoms with E-state index in [2.05, 4.69) is 20.9 Å². The number of aliphatic carboxylic acids is 2. The number of nitrogens with zero attached hydrogens (tertiary/aromatic N) is 1. The smallest absolute Gasteiger partial charge is 0.326 e. The van der Waals surface area contributed by atoms with Gasteiger partial charge in [0.2, 0.25) is 17.7 Å². The van der Waals surface area contributed by atoms with Crippen molar-refractivity contribution in [3.05, 3.63) is 0 Å². The van der Waals surface area contributed by atoms with Crippen LogP contribution >= 0.6 is 11.8 Å². The normalized spacial score (nSPS) is 15.0. The van der Waals surface area contributed by atoms with Crippen LogP contribution in [0, 0.1) is 0 Å². The summed E-state index contributed by atoms with van der Waals surface area (Å²) in [7, 11) is 0. The van der Waals surface area contributed by atoms with Crippen LogP contribution in [0.5, 0.6) is 0 Å². The molecule has 0 aromatic rings. The van der Waals surface area contributed by atoms with Crippen LogP contribution in [-0.4, -0.2) is 99.8 Å². The summed E-state index contributed by atoms with van der Waals surface area (Å²) < 4.78 is 0. The van der Waals surface area contributed by atoms with Crippen molar-refractivity contribution in [3.63, 3.8) is 0 Å². The average Bonchev–Trinajstić information content (AvgIpc) is 2.75. The maximum Gasteiger partial charge on any atom is 0.326 e. The van der Waals surface area contributed by atoms with Crippen LogP contribution < -0.4 is 33.2 Å². The number of carbonyl (C=O) groups excluding carboxylic acids is 3. The fraction of sp³-hybridized carbons (Fsp3) is 0.684. The Kier molecular flexibility index (Phi) is 15.0. The minimum Gasteiger partial charge on any atom is -0.481 e. The predicted molar refractivity (Wildman–Crippen MR) is 128 cm³/mol. The molecule has 12 N–H and O–H groups in total. The van der Waals surface area contributed by atoms with Gasteiger partial charge in [-0.3, -0.25) is 24.2 Å². The molecule has 0 aliphatic heterocycles. The Labute approximate surface area is 206 Å². The maximum atomic E-state index is 12.8. The first-order valence-corrected chi connectivity index (χ1v) is 12.0. The van der Waals surface area contributed by atoms with E-state index in [1.165, 1.54) is 18.7 Å². The summed E-state index contributed by atoms with van der Waals surface area (Å²) in [6.07, 6.45) is 0.0126. The number of thioether (sulfide) groups is 1. The van der Waals surface area contributed by atoms with Crippen LogP contribution in [0.15, 0.2) is 4.99 Å². The van der Waals surface area contributed by atoms with Crippen LogP contribution in [0.1, 0.15) is 32.6 Å². The fourth-order valence-electron chi connectivity index (χ4n) is 2.75. The third-order valence-corrected chi connectivity index (χ3v) is 5.24. The molecule has 0 aliphatic rings. The lowest BCUT2D eigenvalue weighted by molar-refractivity contribution is -0.142. The van der Waals surface area contributed by atoms with Crippen LogP contribution in [0.4, 0.5) is 0 Å². The molecular weight excluding hydrogens is 486 g/mol. The van der Waals surface area contributed by atoms with Gasteiger partial charge in [-0.1, -0.05) is 0 Å². The second-order valence-electron chi connectivity index (χ2n) is 7.62. The molecule has 0 aliphatic carbocycles. The highest BCUT2D eigenvalue weighted by Crippen LogP contribution is 2.06.